The van der Waals surface area contributed by atoms with Crippen LogP contribution in [0.2, 0.25) is 5.02 Å². The van der Waals surface area contributed by atoms with Crippen molar-refractivity contribution in [1.29, 1.82) is 0 Å². The third kappa shape index (κ3) is 5.27. The first kappa shape index (κ1) is 20.6. The number of nitrogens with one attached hydrogen (secondary N) is 2. The van der Waals surface area contributed by atoms with Gasteiger partial charge in [0, 0.05) is 24.1 Å². The summed E-state index contributed by atoms with van der Waals surface area (Å²) < 4.78 is 46.2. The van der Waals surface area contributed by atoms with Gasteiger partial charge in [0.1, 0.15) is 10.7 Å². The van der Waals surface area contributed by atoms with Gasteiger partial charge in [-0.15, -0.1) is 12.4 Å². The maximum absolute atomic E-state index is 13.8. The molecule has 1 aromatic rings. The van der Waals surface area contributed by atoms with Crippen LogP contribution in [0.15, 0.2) is 23.1 Å². The summed E-state index contributed by atoms with van der Waals surface area (Å²) >= 11 is 5.65. The lowest BCUT2D eigenvalue weighted by atomic mass is 9.80. The van der Waals surface area contributed by atoms with Crippen molar-refractivity contribution in [3.05, 3.63) is 29.0 Å². The Morgan fingerprint density at radius 2 is 2.04 bits per heavy atom. The van der Waals surface area contributed by atoms with Crippen molar-refractivity contribution in [2.45, 2.75) is 17.7 Å². The van der Waals surface area contributed by atoms with Crippen LogP contribution in [0.1, 0.15) is 12.8 Å². The topological polar surface area (TPSA) is 67.4 Å². The van der Waals surface area contributed by atoms with E-state index >= 15 is 0 Å². The molecule has 0 bridgehead atoms. The van der Waals surface area contributed by atoms with Gasteiger partial charge in [-0.05, 0) is 44.1 Å². The summed E-state index contributed by atoms with van der Waals surface area (Å²) in [5.74, 6) is -0.855. The van der Waals surface area contributed by atoms with E-state index in [4.69, 9.17) is 16.3 Å². The average Bonchev–Trinajstić information content (AvgIpc) is 2.46. The van der Waals surface area contributed by atoms with Crippen LogP contribution < -0.4 is 10.0 Å². The summed E-state index contributed by atoms with van der Waals surface area (Å²) in [6.07, 6.45) is 1.60. The lowest BCUT2D eigenvalue weighted by molar-refractivity contribution is 0.0577. The largest absolute Gasteiger partial charge is 0.384 e. The lowest BCUT2D eigenvalue weighted by Crippen LogP contribution is -2.47. The van der Waals surface area contributed by atoms with Crippen LogP contribution >= 0.6 is 24.0 Å². The predicted molar refractivity (Wildman–Crippen MR) is 90.3 cm³/mol. The maximum atomic E-state index is 13.8. The summed E-state index contributed by atoms with van der Waals surface area (Å²) in [4.78, 5) is -0.390. The molecule has 0 aliphatic carbocycles. The monoisotopic (exact) mass is 386 g/mol. The minimum atomic E-state index is -3.92. The van der Waals surface area contributed by atoms with Crippen LogP contribution in [-0.4, -0.2) is 41.8 Å². The Hall–Kier alpha value is -0.440. The first-order valence-electron chi connectivity index (χ1n) is 7.03. The molecule has 5 nitrogen and oxygen atoms in total. The van der Waals surface area contributed by atoms with E-state index < -0.39 is 20.7 Å². The van der Waals surface area contributed by atoms with Crippen molar-refractivity contribution in [3.8, 4) is 0 Å². The summed E-state index contributed by atoms with van der Waals surface area (Å²) in [7, 11) is -2.33. The number of ether oxygens (including phenoxy) is 1. The third-order valence-electron chi connectivity index (χ3n) is 3.94. The summed E-state index contributed by atoms with van der Waals surface area (Å²) in [5.41, 5.74) is -0.268. The molecule has 0 atom stereocenters. The van der Waals surface area contributed by atoms with Crippen molar-refractivity contribution in [3.63, 3.8) is 0 Å². The van der Waals surface area contributed by atoms with Crippen molar-refractivity contribution in [2.75, 3.05) is 33.4 Å². The molecule has 23 heavy (non-hydrogen) atoms. The summed E-state index contributed by atoms with van der Waals surface area (Å²) in [6.45, 7) is 2.29. The first-order chi connectivity index (χ1) is 10.4. The highest BCUT2D eigenvalue weighted by atomic mass is 35.5. The fourth-order valence-electron chi connectivity index (χ4n) is 2.65. The molecule has 0 saturated carbocycles. The first-order valence-corrected chi connectivity index (χ1v) is 8.89. The molecular weight excluding hydrogens is 366 g/mol. The highest BCUT2D eigenvalue weighted by Gasteiger charge is 2.34. The molecule has 2 N–H and O–H groups in total. The van der Waals surface area contributed by atoms with E-state index in [1.807, 2.05) is 0 Å². The van der Waals surface area contributed by atoms with E-state index in [-0.39, 0.29) is 29.4 Å². The molecule has 0 amide bonds. The molecule has 1 aliphatic heterocycles. The fraction of sp³-hybridized carbons (Fsp3) is 0.571. The molecule has 1 aliphatic rings. The van der Waals surface area contributed by atoms with E-state index in [0.29, 0.717) is 6.61 Å². The number of hydrogen-bond donors (Lipinski definition) is 2. The van der Waals surface area contributed by atoms with Gasteiger partial charge in [-0.25, -0.2) is 17.5 Å². The highest BCUT2D eigenvalue weighted by molar-refractivity contribution is 7.89. The Morgan fingerprint density at radius 1 is 1.39 bits per heavy atom. The number of benzene rings is 1. The Kier molecular flexibility index (Phi) is 7.70. The number of rotatable bonds is 6. The molecule has 2 rings (SSSR count). The van der Waals surface area contributed by atoms with Gasteiger partial charge in [0.2, 0.25) is 10.0 Å². The van der Waals surface area contributed by atoms with Gasteiger partial charge < -0.3 is 10.1 Å². The zero-order valence-corrected chi connectivity index (χ0v) is 15.2. The molecule has 1 saturated heterocycles. The molecule has 9 heteroatoms. The lowest BCUT2D eigenvalue weighted by Gasteiger charge is -2.37. The smallest absolute Gasteiger partial charge is 0.243 e. The standard InChI is InChI=1S/C14H20ClFN2O3S.ClH/c1-21-10-14(4-6-17-7-5-14)9-18-22(19,20)13-3-2-11(15)8-12(13)16;/h2-3,8,17-18H,4-7,9-10H2,1H3;1H. The van der Waals surface area contributed by atoms with Crippen LogP contribution in [-0.2, 0) is 14.8 Å². The number of sulfonamides is 1. The van der Waals surface area contributed by atoms with E-state index in [1.165, 1.54) is 12.1 Å². The number of halogens is 3. The summed E-state index contributed by atoms with van der Waals surface area (Å²) in [5, 5.41) is 3.39. The normalized spacial score (nSPS) is 17.5. The van der Waals surface area contributed by atoms with Gasteiger partial charge in [0.25, 0.3) is 0 Å². The van der Waals surface area contributed by atoms with Crippen LogP contribution in [0.4, 0.5) is 4.39 Å². The SMILES string of the molecule is COCC1(CNS(=O)(=O)c2ccc(Cl)cc2F)CCNCC1.Cl. The Labute approximate surface area is 147 Å². The Bertz CT molecular complexity index is 617. The minimum absolute atomic E-state index is 0. The molecule has 0 aromatic heterocycles. The van der Waals surface area contributed by atoms with Gasteiger partial charge in [0.15, 0.2) is 0 Å². The van der Waals surface area contributed by atoms with E-state index in [2.05, 4.69) is 10.0 Å². The van der Waals surface area contributed by atoms with Crippen LogP contribution in [0.25, 0.3) is 0 Å². The van der Waals surface area contributed by atoms with Gasteiger partial charge >= 0.3 is 0 Å². The Morgan fingerprint density at radius 3 is 2.61 bits per heavy atom. The third-order valence-corrected chi connectivity index (χ3v) is 5.60. The van der Waals surface area contributed by atoms with Crippen molar-refractivity contribution in [2.24, 2.45) is 5.41 Å². The molecule has 1 aromatic carbocycles. The van der Waals surface area contributed by atoms with Gasteiger partial charge in [-0.3, -0.25) is 0 Å². The van der Waals surface area contributed by atoms with Gasteiger partial charge in [-0.2, -0.15) is 0 Å². The summed E-state index contributed by atoms with van der Waals surface area (Å²) in [6, 6.07) is 3.52. The van der Waals surface area contributed by atoms with E-state index in [0.717, 1.165) is 32.0 Å². The molecule has 132 valence electrons. The van der Waals surface area contributed by atoms with Gasteiger partial charge in [-0.1, -0.05) is 11.6 Å². The second-order valence-corrected chi connectivity index (χ2v) is 7.75. The zero-order chi connectivity index (χ0) is 16.2. The van der Waals surface area contributed by atoms with Crippen molar-refractivity contribution in [1.82, 2.24) is 10.0 Å². The van der Waals surface area contributed by atoms with Crippen LogP contribution in [0.3, 0.4) is 0 Å². The molecular formula is C14H21Cl2FN2O3S. The second kappa shape index (κ2) is 8.60. The maximum Gasteiger partial charge on any atom is 0.243 e. The van der Waals surface area contributed by atoms with Crippen molar-refractivity contribution < 1.29 is 17.5 Å². The number of methoxy groups -OCH3 is 1. The molecule has 0 spiro atoms. The molecule has 0 radical (unpaired) electrons. The van der Waals surface area contributed by atoms with Gasteiger partial charge in [0.05, 0.1) is 6.61 Å². The average molecular weight is 387 g/mol. The predicted octanol–water partition coefficient (Wildman–Crippen LogP) is 2.20. The number of piperidine rings is 1. The Balaban J connectivity index is 0.00000264. The van der Waals surface area contributed by atoms with Crippen molar-refractivity contribution >= 4 is 34.0 Å². The minimum Gasteiger partial charge on any atom is -0.384 e. The quantitative estimate of drug-likeness (QED) is 0.786. The molecule has 0 unspecified atom stereocenters. The van der Waals surface area contributed by atoms with Crippen LogP contribution in [0.5, 0.6) is 0 Å². The highest BCUT2D eigenvalue weighted by Crippen LogP contribution is 2.29. The van der Waals surface area contributed by atoms with E-state index in [9.17, 15) is 12.8 Å². The fourth-order valence-corrected chi connectivity index (χ4v) is 4.03. The molecule has 1 fully saturated rings. The second-order valence-electron chi connectivity index (χ2n) is 5.58. The van der Waals surface area contributed by atoms with E-state index in [1.54, 1.807) is 7.11 Å². The van der Waals surface area contributed by atoms with Crippen LogP contribution in [0, 0.1) is 11.2 Å². The molecule has 1 heterocycles. The zero-order valence-electron chi connectivity index (χ0n) is 12.8. The number of hydrogen-bond acceptors (Lipinski definition) is 4.